The molecule has 0 atom stereocenters. The number of anilines is 1. The number of ether oxygens (including phenoxy) is 1. The molecule has 0 unspecified atom stereocenters. The van der Waals surface area contributed by atoms with Gasteiger partial charge in [0, 0.05) is 23.1 Å². The molecule has 1 heterocycles. The second kappa shape index (κ2) is 6.07. The van der Waals surface area contributed by atoms with Gasteiger partial charge < -0.3 is 15.4 Å². The van der Waals surface area contributed by atoms with Crippen molar-refractivity contribution in [3.05, 3.63) is 33.8 Å². The summed E-state index contributed by atoms with van der Waals surface area (Å²) in [4.78, 5) is 12.0. The molecule has 0 radical (unpaired) electrons. The quantitative estimate of drug-likeness (QED) is 0.809. The number of halogens is 4. The molecule has 1 fully saturated rings. The number of alkyl halides is 3. The van der Waals surface area contributed by atoms with Crippen LogP contribution in [-0.4, -0.2) is 25.4 Å². The molecule has 114 valence electrons. The summed E-state index contributed by atoms with van der Waals surface area (Å²) in [7, 11) is 0. The van der Waals surface area contributed by atoms with Crippen LogP contribution in [0, 0.1) is 0 Å². The van der Waals surface area contributed by atoms with Gasteiger partial charge in [-0.1, -0.05) is 15.9 Å². The van der Waals surface area contributed by atoms with Crippen LogP contribution in [0.2, 0.25) is 0 Å². The molecular weight excluding hydrogens is 353 g/mol. The molecule has 1 aliphatic heterocycles. The van der Waals surface area contributed by atoms with Crippen LogP contribution in [0.3, 0.4) is 0 Å². The fraction of sp³-hybridized carbons (Fsp3) is 0.308. The van der Waals surface area contributed by atoms with Gasteiger partial charge in [0.1, 0.15) is 0 Å². The molecule has 8 heteroatoms. The lowest BCUT2D eigenvalue weighted by atomic mass is 10.0. The number of rotatable bonds is 3. The van der Waals surface area contributed by atoms with E-state index in [9.17, 15) is 18.0 Å². The molecule has 4 nitrogen and oxygen atoms in total. The number of nitrogens with one attached hydrogen (secondary N) is 2. The first-order valence-electron chi connectivity index (χ1n) is 6.02. The molecule has 1 aromatic rings. The Balaban J connectivity index is 2.21. The van der Waals surface area contributed by atoms with E-state index in [0.717, 1.165) is 11.6 Å². The van der Waals surface area contributed by atoms with Crippen molar-refractivity contribution in [1.29, 1.82) is 0 Å². The first kappa shape index (κ1) is 15.8. The zero-order chi connectivity index (χ0) is 15.6. The van der Waals surface area contributed by atoms with Crippen molar-refractivity contribution in [2.45, 2.75) is 13.3 Å². The third-order valence-electron chi connectivity index (χ3n) is 2.97. The molecule has 1 amide bonds. The fourth-order valence-corrected chi connectivity index (χ4v) is 2.04. The Morgan fingerprint density at radius 2 is 2.05 bits per heavy atom. The second-order valence-electron chi connectivity index (χ2n) is 4.47. The van der Waals surface area contributed by atoms with E-state index in [0.29, 0.717) is 23.1 Å². The molecule has 2 rings (SSSR count). The summed E-state index contributed by atoms with van der Waals surface area (Å²) in [5.41, 5.74) is 1.39. The number of carbonyl (C=O) groups is 1. The molecule has 0 bridgehead atoms. The van der Waals surface area contributed by atoms with Crippen LogP contribution in [0.1, 0.15) is 6.92 Å². The van der Waals surface area contributed by atoms with Crippen LogP contribution in [0.5, 0.6) is 5.75 Å². The summed E-state index contributed by atoms with van der Waals surface area (Å²) in [6, 6.07) is 4.02. The standard InChI is InChI=1S/C13H12BrF3N2O2/c1-7(8-5-18-6-8)12(20)19-10-3-2-9(14)4-11(10)21-13(15,16)17/h2-4,18H,5-6H2,1H3,(H,19,20). The molecule has 0 spiro atoms. The van der Waals surface area contributed by atoms with E-state index in [4.69, 9.17) is 0 Å². The van der Waals surface area contributed by atoms with Crippen LogP contribution in [0.15, 0.2) is 33.8 Å². The average Bonchev–Trinajstić information content (AvgIpc) is 2.28. The molecule has 1 aromatic carbocycles. The minimum Gasteiger partial charge on any atom is -0.404 e. The normalized spacial score (nSPS) is 14.4. The molecule has 0 saturated carbocycles. The van der Waals surface area contributed by atoms with Crippen molar-refractivity contribution in [1.82, 2.24) is 5.32 Å². The monoisotopic (exact) mass is 364 g/mol. The van der Waals surface area contributed by atoms with Gasteiger partial charge in [0.15, 0.2) is 5.75 Å². The zero-order valence-electron chi connectivity index (χ0n) is 11.0. The highest BCUT2D eigenvalue weighted by Gasteiger charge is 2.32. The summed E-state index contributed by atoms with van der Waals surface area (Å²) in [5.74, 6) is -0.907. The number of hydrogen-bond acceptors (Lipinski definition) is 3. The summed E-state index contributed by atoms with van der Waals surface area (Å²) in [5, 5.41) is 5.43. The fourth-order valence-electron chi connectivity index (χ4n) is 1.70. The van der Waals surface area contributed by atoms with E-state index in [2.05, 4.69) is 31.3 Å². The molecule has 0 aromatic heterocycles. The van der Waals surface area contributed by atoms with Crippen molar-refractivity contribution in [2.75, 3.05) is 18.4 Å². The van der Waals surface area contributed by atoms with Crippen molar-refractivity contribution in [2.24, 2.45) is 0 Å². The summed E-state index contributed by atoms with van der Waals surface area (Å²) in [6.07, 6.45) is -4.83. The van der Waals surface area contributed by atoms with Crippen molar-refractivity contribution in [3.8, 4) is 5.75 Å². The molecule has 2 N–H and O–H groups in total. The van der Waals surface area contributed by atoms with Gasteiger partial charge in [-0.15, -0.1) is 13.2 Å². The van der Waals surface area contributed by atoms with Crippen LogP contribution < -0.4 is 15.4 Å². The van der Waals surface area contributed by atoms with Gasteiger partial charge in [0.05, 0.1) is 5.69 Å². The van der Waals surface area contributed by atoms with Gasteiger partial charge in [0.25, 0.3) is 5.91 Å². The lowest BCUT2D eigenvalue weighted by Crippen LogP contribution is -2.36. The topological polar surface area (TPSA) is 50.4 Å². The second-order valence-corrected chi connectivity index (χ2v) is 5.39. The van der Waals surface area contributed by atoms with Gasteiger partial charge in [-0.05, 0) is 30.7 Å². The van der Waals surface area contributed by atoms with Gasteiger partial charge in [-0.3, -0.25) is 4.79 Å². The lowest BCUT2D eigenvalue weighted by Gasteiger charge is -2.22. The van der Waals surface area contributed by atoms with Crippen LogP contribution >= 0.6 is 15.9 Å². The number of amides is 1. The Morgan fingerprint density at radius 3 is 2.57 bits per heavy atom. The maximum Gasteiger partial charge on any atom is 0.573 e. The maximum absolute atomic E-state index is 12.4. The Bertz CT molecular complexity index is 594. The number of benzene rings is 1. The predicted octanol–water partition coefficient (Wildman–Crippen LogP) is 3.21. The first-order valence-corrected chi connectivity index (χ1v) is 6.81. The SMILES string of the molecule is CC(C(=O)Nc1ccc(Br)cc1OC(F)(F)F)=C1CNC1. The van der Waals surface area contributed by atoms with Crippen molar-refractivity contribution < 1.29 is 22.7 Å². The van der Waals surface area contributed by atoms with Gasteiger partial charge in [0.2, 0.25) is 0 Å². The molecule has 21 heavy (non-hydrogen) atoms. The van der Waals surface area contributed by atoms with Crippen molar-refractivity contribution in [3.63, 3.8) is 0 Å². The van der Waals surface area contributed by atoms with Gasteiger partial charge >= 0.3 is 6.36 Å². The Hall–Kier alpha value is -1.54. The largest absolute Gasteiger partial charge is 0.573 e. The van der Waals surface area contributed by atoms with Gasteiger partial charge in [-0.2, -0.15) is 0 Å². The smallest absolute Gasteiger partial charge is 0.404 e. The third-order valence-corrected chi connectivity index (χ3v) is 3.46. The average molecular weight is 365 g/mol. The zero-order valence-corrected chi connectivity index (χ0v) is 12.6. The highest BCUT2D eigenvalue weighted by molar-refractivity contribution is 9.10. The van der Waals surface area contributed by atoms with E-state index in [1.54, 1.807) is 6.92 Å². The lowest BCUT2D eigenvalue weighted by molar-refractivity contribution is -0.274. The predicted molar refractivity (Wildman–Crippen MR) is 75.0 cm³/mol. The van der Waals surface area contributed by atoms with Crippen LogP contribution in [0.25, 0.3) is 0 Å². The van der Waals surface area contributed by atoms with E-state index in [-0.39, 0.29) is 5.69 Å². The molecular formula is C13H12BrF3N2O2. The molecule has 1 saturated heterocycles. The van der Waals surface area contributed by atoms with Crippen LogP contribution in [-0.2, 0) is 4.79 Å². The van der Waals surface area contributed by atoms with E-state index in [1.807, 2.05) is 0 Å². The molecule has 0 aliphatic carbocycles. The van der Waals surface area contributed by atoms with Crippen molar-refractivity contribution >= 4 is 27.5 Å². The Kier molecular flexibility index (Phi) is 4.58. The summed E-state index contributed by atoms with van der Waals surface area (Å²) >= 11 is 3.06. The Labute approximate surface area is 127 Å². The number of hydrogen-bond donors (Lipinski definition) is 2. The minimum atomic E-state index is -4.83. The minimum absolute atomic E-state index is 0.0345. The summed E-state index contributed by atoms with van der Waals surface area (Å²) in [6.45, 7) is 2.87. The number of carbonyl (C=O) groups excluding carboxylic acids is 1. The Morgan fingerprint density at radius 1 is 1.38 bits per heavy atom. The first-order chi connectivity index (χ1) is 9.76. The summed E-state index contributed by atoms with van der Waals surface area (Å²) < 4.78 is 41.5. The third kappa shape index (κ3) is 4.21. The molecule has 1 aliphatic rings. The highest BCUT2D eigenvalue weighted by atomic mass is 79.9. The van der Waals surface area contributed by atoms with Crippen LogP contribution in [0.4, 0.5) is 18.9 Å². The van der Waals surface area contributed by atoms with E-state index in [1.165, 1.54) is 12.1 Å². The highest BCUT2D eigenvalue weighted by Crippen LogP contribution is 2.33. The maximum atomic E-state index is 12.4. The van der Waals surface area contributed by atoms with E-state index < -0.39 is 18.0 Å². The van der Waals surface area contributed by atoms with E-state index >= 15 is 0 Å². The van der Waals surface area contributed by atoms with Gasteiger partial charge in [-0.25, -0.2) is 0 Å².